The second-order valence-electron chi connectivity index (χ2n) is 8.95. The van der Waals surface area contributed by atoms with Crippen molar-refractivity contribution in [3.05, 3.63) is 77.9 Å². The summed E-state index contributed by atoms with van der Waals surface area (Å²) < 4.78 is 26.9. The van der Waals surface area contributed by atoms with Crippen LogP contribution in [0.1, 0.15) is 30.9 Å². The lowest BCUT2D eigenvalue weighted by atomic mass is 9.92. The van der Waals surface area contributed by atoms with Crippen LogP contribution in [0.2, 0.25) is 0 Å². The van der Waals surface area contributed by atoms with E-state index in [2.05, 4.69) is 95.8 Å². The highest BCUT2D eigenvalue weighted by Gasteiger charge is 2.18. The zero-order chi connectivity index (χ0) is 25.0. The monoisotopic (exact) mass is 511 g/mol. The Morgan fingerprint density at radius 1 is 0.914 bits per heavy atom. The molecule has 0 amide bonds. The van der Waals surface area contributed by atoms with Crippen LogP contribution in [0.3, 0.4) is 0 Å². The van der Waals surface area contributed by atoms with Gasteiger partial charge in [-0.1, -0.05) is 49.0 Å². The Hall–Kier alpha value is -2.52. The minimum absolute atomic E-state index is 0.201. The third kappa shape index (κ3) is 6.58. The van der Waals surface area contributed by atoms with E-state index < -0.39 is 10.1 Å². The molecule has 0 aliphatic carbocycles. The van der Waals surface area contributed by atoms with Gasteiger partial charge < -0.3 is 15.1 Å². The predicted octanol–water partition coefficient (Wildman–Crippen LogP) is 5.69. The maximum atomic E-state index is 9.56. The number of para-hydroxylation sites is 1. The maximum absolute atomic E-state index is 9.56. The van der Waals surface area contributed by atoms with Crippen molar-refractivity contribution in [1.82, 2.24) is 4.90 Å². The lowest BCUT2D eigenvalue weighted by molar-refractivity contribution is 0.313. The Labute approximate surface area is 213 Å². The van der Waals surface area contributed by atoms with Gasteiger partial charge in [0, 0.05) is 47.6 Å². The van der Waals surface area contributed by atoms with Crippen molar-refractivity contribution >= 4 is 38.9 Å². The van der Waals surface area contributed by atoms with E-state index >= 15 is 0 Å². The average molecular weight is 512 g/mol. The van der Waals surface area contributed by atoms with Gasteiger partial charge in [-0.25, -0.2) is 0 Å². The smallest absolute Gasteiger partial charge is 0.264 e. The summed E-state index contributed by atoms with van der Waals surface area (Å²) in [5.41, 5.74) is 6.47. The first kappa shape index (κ1) is 25.6. The zero-order valence-electron chi connectivity index (χ0n) is 20.4. The minimum atomic E-state index is -3.66. The highest BCUT2D eigenvalue weighted by Crippen LogP contribution is 2.45. The number of piperazine rings is 1. The number of rotatable bonds is 4. The standard InChI is InChI=1S/C25H27N3S.C2H6O3S/c1-18(19-7-10-21(11-8-19)28-15-13-27(2)14-16-28)20-9-12-25-23(17-20)26-22-5-3-4-6-24(22)29-25;1-2-6(3,4)5/h3-12,17-18,26H,13-16H2,1-2H3;2H2,1H3,(H,3,4,5). The van der Waals surface area contributed by atoms with Crippen LogP contribution in [0.4, 0.5) is 17.1 Å². The summed E-state index contributed by atoms with van der Waals surface area (Å²) in [5.74, 6) is 0.165. The Morgan fingerprint density at radius 3 is 2.17 bits per heavy atom. The van der Waals surface area contributed by atoms with Gasteiger partial charge in [-0.05, 0) is 61.5 Å². The Kier molecular flexibility index (Phi) is 8.06. The number of nitrogens with zero attached hydrogens (tertiary/aromatic N) is 2. The molecule has 3 aromatic rings. The molecule has 2 heterocycles. The minimum Gasteiger partial charge on any atom is -0.369 e. The molecule has 1 fully saturated rings. The van der Waals surface area contributed by atoms with Crippen LogP contribution in [0.25, 0.3) is 0 Å². The molecule has 186 valence electrons. The van der Waals surface area contributed by atoms with E-state index in [-0.39, 0.29) is 5.75 Å². The summed E-state index contributed by atoms with van der Waals surface area (Å²) in [7, 11) is -1.46. The molecule has 8 heteroatoms. The number of hydrogen-bond acceptors (Lipinski definition) is 6. The molecule has 5 rings (SSSR count). The largest absolute Gasteiger partial charge is 0.369 e. The lowest BCUT2D eigenvalue weighted by Gasteiger charge is -2.34. The number of anilines is 3. The van der Waals surface area contributed by atoms with Crippen LogP contribution in [0, 0.1) is 0 Å². The summed E-state index contributed by atoms with van der Waals surface area (Å²) in [4.78, 5) is 7.48. The van der Waals surface area contributed by atoms with E-state index in [4.69, 9.17) is 4.55 Å². The number of hydrogen-bond donors (Lipinski definition) is 2. The fourth-order valence-corrected chi connectivity index (χ4v) is 5.13. The summed E-state index contributed by atoms with van der Waals surface area (Å²) in [6, 6.07) is 24.6. The lowest BCUT2D eigenvalue weighted by Crippen LogP contribution is -2.44. The molecule has 0 radical (unpaired) electrons. The Bertz CT molecular complexity index is 1250. The molecule has 3 aromatic carbocycles. The molecule has 1 saturated heterocycles. The molecular formula is C27H33N3O3S2. The predicted molar refractivity (Wildman–Crippen MR) is 146 cm³/mol. The second-order valence-corrected chi connectivity index (χ2v) is 11.8. The van der Waals surface area contributed by atoms with Crippen molar-refractivity contribution in [2.75, 3.05) is 49.2 Å². The van der Waals surface area contributed by atoms with E-state index in [0.717, 1.165) is 26.2 Å². The maximum Gasteiger partial charge on any atom is 0.264 e. The van der Waals surface area contributed by atoms with E-state index in [9.17, 15) is 8.42 Å². The topological polar surface area (TPSA) is 72.9 Å². The van der Waals surface area contributed by atoms with E-state index in [1.165, 1.54) is 44.9 Å². The summed E-state index contributed by atoms with van der Waals surface area (Å²) in [6.45, 7) is 8.18. The highest BCUT2D eigenvalue weighted by atomic mass is 32.2. The summed E-state index contributed by atoms with van der Waals surface area (Å²) >= 11 is 1.85. The third-order valence-corrected chi connectivity index (χ3v) is 8.39. The molecule has 0 bridgehead atoms. The second kappa shape index (κ2) is 11.0. The average Bonchev–Trinajstić information content (AvgIpc) is 2.87. The van der Waals surface area contributed by atoms with Gasteiger partial charge >= 0.3 is 0 Å². The quantitative estimate of drug-likeness (QED) is 0.341. The van der Waals surface area contributed by atoms with Crippen molar-refractivity contribution in [2.45, 2.75) is 29.6 Å². The van der Waals surface area contributed by atoms with Crippen LogP contribution >= 0.6 is 11.8 Å². The van der Waals surface area contributed by atoms with E-state index in [0.29, 0.717) is 5.92 Å². The SMILES string of the molecule is CC(c1ccc(N2CCN(C)CC2)cc1)c1ccc2c(c1)Nc1ccccc1S2.CCS(=O)(=O)O. The normalized spacial score (nSPS) is 16.3. The van der Waals surface area contributed by atoms with Crippen LogP contribution in [-0.2, 0) is 10.1 Å². The van der Waals surface area contributed by atoms with Crippen LogP contribution in [0.5, 0.6) is 0 Å². The highest BCUT2D eigenvalue weighted by molar-refractivity contribution is 7.99. The first-order chi connectivity index (χ1) is 16.7. The van der Waals surface area contributed by atoms with Crippen LogP contribution in [-0.4, -0.2) is 56.9 Å². The van der Waals surface area contributed by atoms with Gasteiger partial charge in [0.2, 0.25) is 0 Å². The van der Waals surface area contributed by atoms with Gasteiger partial charge in [0.25, 0.3) is 10.1 Å². The zero-order valence-corrected chi connectivity index (χ0v) is 22.1. The number of fused-ring (bicyclic) bond motifs is 2. The molecule has 35 heavy (non-hydrogen) atoms. The van der Waals surface area contributed by atoms with Gasteiger partial charge in [0.05, 0.1) is 17.1 Å². The fourth-order valence-electron chi connectivity index (χ4n) is 4.16. The van der Waals surface area contributed by atoms with Crippen LogP contribution < -0.4 is 10.2 Å². The van der Waals surface area contributed by atoms with Crippen molar-refractivity contribution in [2.24, 2.45) is 0 Å². The molecule has 2 N–H and O–H groups in total. The summed E-state index contributed by atoms with van der Waals surface area (Å²) in [6.07, 6.45) is 0. The molecule has 1 atom stereocenters. The van der Waals surface area contributed by atoms with Crippen molar-refractivity contribution in [3.63, 3.8) is 0 Å². The van der Waals surface area contributed by atoms with Gasteiger partial charge in [-0.2, -0.15) is 8.42 Å². The van der Waals surface area contributed by atoms with Gasteiger partial charge in [0.1, 0.15) is 0 Å². The van der Waals surface area contributed by atoms with Crippen molar-refractivity contribution in [3.8, 4) is 0 Å². The molecule has 2 aliphatic rings. The molecule has 2 aliphatic heterocycles. The van der Waals surface area contributed by atoms with Crippen LogP contribution in [0.15, 0.2) is 76.5 Å². The molecule has 6 nitrogen and oxygen atoms in total. The number of likely N-dealkylation sites (N-methyl/N-ethyl adjacent to an activating group) is 1. The van der Waals surface area contributed by atoms with Crippen molar-refractivity contribution < 1.29 is 13.0 Å². The molecule has 1 unspecified atom stereocenters. The van der Waals surface area contributed by atoms with E-state index in [1.54, 1.807) is 0 Å². The van der Waals surface area contributed by atoms with Gasteiger partial charge in [0.15, 0.2) is 0 Å². The first-order valence-electron chi connectivity index (χ1n) is 11.9. The first-order valence-corrected chi connectivity index (χ1v) is 14.3. The molecule has 0 aromatic heterocycles. The van der Waals surface area contributed by atoms with Gasteiger partial charge in [-0.15, -0.1) is 0 Å². The molecule has 0 saturated carbocycles. The number of nitrogens with one attached hydrogen (secondary N) is 1. The van der Waals surface area contributed by atoms with Crippen molar-refractivity contribution in [1.29, 1.82) is 0 Å². The summed E-state index contributed by atoms with van der Waals surface area (Å²) in [5, 5.41) is 3.61. The Morgan fingerprint density at radius 2 is 1.51 bits per heavy atom. The Balaban J connectivity index is 0.000000431. The third-order valence-electron chi connectivity index (χ3n) is 6.51. The molecule has 0 spiro atoms. The van der Waals surface area contributed by atoms with E-state index in [1.807, 2.05) is 11.8 Å². The fraction of sp³-hybridized carbons (Fsp3) is 0.333. The van der Waals surface area contributed by atoms with Gasteiger partial charge in [-0.3, -0.25) is 4.55 Å². The molecular weight excluding hydrogens is 478 g/mol. The number of benzene rings is 3.